The van der Waals surface area contributed by atoms with E-state index in [9.17, 15) is 14.3 Å². The van der Waals surface area contributed by atoms with Crippen LogP contribution in [-0.4, -0.2) is 34.6 Å². The number of likely N-dealkylation sites (tertiary alicyclic amines) is 1. The van der Waals surface area contributed by atoms with Crippen molar-refractivity contribution in [2.75, 3.05) is 13.1 Å². The number of piperidine rings is 1. The van der Waals surface area contributed by atoms with Crippen molar-refractivity contribution in [3.8, 4) is 0 Å². The van der Waals surface area contributed by atoms with Crippen LogP contribution in [0.1, 0.15) is 57.4 Å². The molecule has 1 aromatic rings. The molecule has 1 saturated heterocycles. The number of hydrogen-bond acceptors (Lipinski definition) is 2. The lowest BCUT2D eigenvalue weighted by atomic mass is 9.83. The molecular formula is C20H28FNO2. The van der Waals surface area contributed by atoms with Crippen molar-refractivity contribution in [3.63, 3.8) is 0 Å². The molecule has 0 aromatic heterocycles. The van der Waals surface area contributed by atoms with E-state index in [2.05, 4.69) is 6.92 Å². The van der Waals surface area contributed by atoms with Crippen molar-refractivity contribution in [1.29, 1.82) is 0 Å². The predicted octanol–water partition coefficient (Wildman–Crippen LogP) is 3.69. The maximum atomic E-state index is 13.7. The second kappa shape index (κ2) is 6.83. The zero-order valence-corrected chi connectivity index (χ0v) is 14.6. The quantitative estimate of drug-likeness (QED) is 0.913. The monoisotopic (exact) mass is 333 g/mol. The first-order chi connectivity index (χ1) is 11.4. The Labute approximate surface area is 143 Å². The van der Waals surface area contributed by atoms with Gasteiger partial charge in [0.05, 0.1) is 5.60 Å². The van der Waals surface area contributed by atoms with Crippen molar-refractivity contribution < 1.29 is 14.3 Å². The van der Waals surface area contributed by atoms with Crippen LogP contribution in [0.25, 0.3) is 0 Å². The Balaban J connectivity index is 1.54. The van der Waals surface area contributed by atoms with Crippen LogP contribution < -0.4 is 0 Å². The maximum Gasteiger partial charge on any atom is 0.228 e. The van der Waals surface area contributed by atoms with Gasteiger partial charge in [0.15, 0.2) is 0 Å². The third-order valence-electron chi connectivity index (χ3n) is 6.02. The van der Waals surface area contributed by atoms with Gasteiger partial charge >= 0.3 is 0 Å². The third-order valence-corrected chi connectivity index (χ3v) is 6.02. The molecule has 2 fully saturated rings. The molecule has 1 heterocycles. The average molecular weight is 333 g/mol. The average Bonchev–Trinajstić information content (AvgIpc) is 3.02. The summed E-state index contributed by atoms with van der Waals surface area (Å²) >= 11 is 0. The summed E-state index contributed by atoms with van der Waals surface area (Å²) in [5.41, 5.74) is -0.318. The molecule has 0 atom stereocenters. The molecular weight excluding hydrogens is 305 g/mol. The van der Waals surface area contributed by atoms with Gasteiger partial charge in [-0.15, -0.1) is 0 Å². The van der Waals surface area contributed by atoms with Crippen LogP contribution in [-0.2, 0) is 11.2 Å². The number of carbonyl (C=O) groups is 1. The Bertz CT molecular complexity index is 587. The Morgan fingerprint density at radius 1 is 1.17 bits per heavy atom. The van der Waals surface area contributed by atoms with E-state index in [0.29, 0.717) is 44.3 Å². The van der Waals surface area contributed by atoms with Crippen molar-refractivity contribution >= 4 is 5.91 Å². The van der Waals surface area contributed by atoms with E-state index >= 15 is 0 Å². The van der Waals surface area contributed by atoms with Crippen LogP contribution in [0.3, 0.4) is 0 Å². The van der Waals surface area contributed by atoms with Crippen molar-refractivity contribution in [1.82, 2.24) is 4.90 Å². The molecule has 1 saturated carbocycles. The highest BCUT2D eigenvalue weighted by Crippen LogP contribution is 2.40. The minimum atomic E-state index is -0.782. The summed E-state index contributed by atoms with van der Waals surface area (Å²) in [5.74, 6) is 0.0547. The van der Waals surface area contributed by atoms with E-state index in [0.717, 1.165) is 25.7 Å². The Morgan fingerprint density at radius 2 is 1.79 bits per heavy atom. The lowest BCUT2D eigenvalue weighted by Crippen LogP contribution is -2.50. The van der Waals surface area contributed by atoms with E-state index < -0.39 is 5.60 Å². The fourth-order valence-corrected chi connectivity index (χ4v) is 4.20. The summed E-state index contributed by atoms with van der Waals surface area (Å²) in [4.78, 5) is 14.7. The number of nitrogens with zero attached hydrogens (tertiary/aromatic N) is 1. The Hall–Kier alpha value is -1.42. The van der Waals surface area contributed by atoms with Gasteiger partial charge in [0.25, 0.3) is 0 Å². The fraction of sp³-hybridized carbons (Fsp3) is 0.650. The van der Waals surface area contributed by atoms with Crippen LogP contribution in [0.15, 0.2) is 24.3 Å². The molecule has 1 amide bonds. The second-order valence-corrected chi connectivity index (χ2v) is 7.88. The number of hydrogen-bond donors (Lipinski definition) is 1. The summed E-state index contributed by atoms with van der Waals surface area (Å²) in [6.07, 6.45) is 6.51. The number of rotatable bonds is 4. The van der Waals surface area contributed by atoms with Gasteiger partial charge in [0.2, 0.25) is 5.91 Å². The molecule has 3 rings (SSSR count). The molecule has 1 N–H and O–H groups in total. The van der Waals surface area contributed by atoms with E-state index in [1.165, 1.54) is 6.07 Å². The standard InChI is InChI=1S/C20H28FNO2/c1-19(9-4-5-10-19)18(23)22-14-12-20(24,13-15-22)11-8-16-6-2-3-7-17(16)21/h2-3,6-7,24H,4-5,8-15H2,1H3. The van der Waals surface area contributed by atoms with Crippen LogP contribution in [0, 0.1) is 11.2 Å². The molecule has 132 valence electrons. The van der Waals surface area contributed by atoms with Gasteiger partial charge < -0.3 is 10.0 Å². The molecule has 3 nitrogen and oxygen atoms in total. The molecule has 0 unspecified atom stereocenters. The summed E-state index contributed by atoms with van der Waals surface area (Å²) in [7, 11) is 0. The summed E-state index contributed by atoms with van der Waals surface area (Å²) in [6, 6.07) is 6.74. The smallest absolute Gasteiger partial charge is 0.228 e. The largest absolute Gasteiger partial charge is 0.390 e. The van der Waals surface area contributed by atoms with Crippen molar-refractivity contribution in [2.24, 2.45) is 5.41 Å². The lowest BCUT2D eigenvalue weighted by molar-refractivity contribution is -0.145. The van der Waals surface area contributed by atoms with Gasteiger partial charge in [0, 0.05) is 18.5 Å². The highest BCUT2D eigenvalue weighted by molar-refractivity contribution is 5.82. The fourth-order valence-electron chi connectivity index (χ4n) is 4.20. The maximum absolute atomic E-state index is 13.7. The van der Waals surface area contributed by atoms with E-state index in [-0.39, 0.29) is 17.1 Å². The number of aryl methyl sites for hydroxylation is 1. The minimum Gasteiger partial charge on any atom is -0.390 e. The number of carbonyl (C=O) groups excluding carboxylic acids is 1. The van der Waals surface area contributed by atoms with Crippen molar-refractivity contribution in [2.45, 2.75) is 63.9 Å². The second-order valence-electron chi connectivity index (χ2n) is 7.88. The van der Waals surface area contributed by atoms with Gasteiger partial charge in [-0.2, -0.15) is 0 Å². The number of aliphatic hydroxyl groups is 1. The van der Waals surface area contributed by atoms with E-state index in [4.69, 9.17) is 0 Å². The van der Waals surface area contributed by atoms with Gasteiger partial charge in [-0.25, -0.2) is 4.39 Å². The van der Waals surface area contributed by atoms with Gasteiger partial charge in [-0.3, -0.25) is 4.79 Å². The van der Waals surface area contributed by atoms with Gasteiger partial charge in [-0.1, -0.05) is 38.0 Å². The van der Waals surface area contributed by atoms with Crippen LogP contribution in [0.5, 0.6) is 0 Å². The van der Waals surface area contributed by atoms with Gasteiger partial charge in [-0.05, 0) is 50.2 Å². The normalized spacial score (nSPS) is 22.5. The topological polar surface area (TPSA) is 40.5 Å². The molecule has 4 heteroatoms. The summed E-state index contributed by atoms with van der Waals surface area (Å²) in [5, 5.41) is 10.8. The number of benzene rings is 1. The molecule has 0 spiro atoms. The predicted molar refractivity (Wildman–Crippen MR) is 92.1 cm³/mol. The third kappa shape index (κ3) is 3.64. The van der Waals surface area contributed by atoms with Crippen molar-refractivity contribution in [3.05, 3.63) is 35.6 Å². The highest BCUT2D eigenvalue weighted by atomic mass is 19.1. The lowest BCUT2D eigenvalue weighted by Gasteiger charge is -2.41. The minimum absolute atomic E-state index is 0.192. The Kier molecular flexibility index (Phi) is 4.95. The van der Waals surface area contributed by atoms with Crippen LogP contribution >= 0.6 is 0 Å². The van der Waals surface area contributed by atoms with E-state index in [1.807, 2.05) is 11.0 Å². The Morgan fingerprint density at radius 3 is 2.42 bits per heavy atom. The first-order valence-electron chi connectivity index (χ1n) is 9.17. The SMILES string of the molecule is CC1(C(=O)N2CCC(O)(CCc3ccccc3F)CC2)CCCC1. The molecule has 1 aliphatic heterocycles. The molecule has 1 aromatic carbocycles. The van der Waals surface area contributed by atoms with Gasteiger partial charge in [0.1, 0.15) is 5.82 Å². The van der Waals surface area contributed by atoms with Crippen LogP contribution in [0.2, 0.25) is 0 Å². The molecule has 2 aliphatic rings. The number of halogens is 1. The first kappa shape index (κ1) is 17.4. The van der Waals surface area contributed by atoms with E-state index in [1.54, 1.807) is 12.1 Å². The zero-order chi connectivity index (χ0) is 17.2. The molecule has 0 bridgehead atoms. The van der Waals surface area contributed by atoms with Crippen LogP contribution in [0.4, 0.5) is 4.39 Å². The summed E-state index contributed by atoms with van der Waals surface area (Å²) < 4.78 is 13.7. The highest BCUT2D eigenvalue weighted by Gasteiger charge is 2.42. The summed E-state index contributed by atoms with van der Waals surface area (Å²) in [6.45, 7) is 3.31. The molecule has 0 radical (unpaired) electrons. The zero-order valence-electron chi connectivity index (χ0n) is 14.6. The number of amides is 1. The molecule has 24 heavy (non-hydrogen) atoms. The first-order valence-corrected chi connectivity index (χ1v) is 9.17. The molecule has 1 aliphatic carbocycles.